The van der Waals surface area contributed by atoms with E-state index < -0.39 is 0 Å². The number of anilines is 1. The summed E-state index contributed by atoms with van der Waals surface area (Å²) in [5.74, 6) is 0.294. The number of nitrogens with two attached hydrogens (primary N) is 1. The Morgan fingerprint density at radius 2 is 2.42 bits per heavy atom. The molecule has 2 rings (SSSR count). The number of ether oxygens (including phenoxy) is 2. The maximum absolute atomic E-state index is 12.1. The van der Waals surface area contributed by atoms with Crippen molar-refractivity contribution >= 4 is 11.6 Å². The molecule has 1 atom stereocenters. The molecule has 1 aliphatic rings. The van der Waals surface area contributed by atoms with Crippen LogP contribution in [0.15, 0.2) is 18.2 Å². The van der Waals surface area contributed by atoms with Gasteiger partial charge in [0.2, 0.25) is 0 Å². The van der Waals surface area contributed by atoms with E-state index in [-0.39, 0.29) is 12.0 Å². The third-order valence-electron chi connectivity index (χ3n) is 3.28. The normalized spacial score (nSPS) is 18.3. The highest BCUT2D eigenvalue weighted by Gasteiger charge is 2.18. The quantitative estimate of drug-likeness (QED) is 0.792. The first-order valence-electron chi connectivity index (χ1n) is 6.54. The maximum Gasteiger partial charge on any atom is 0.257 e. The summed E-state index contributed by atoms with van der Waals surface area (Å²) in [7, 11) is 1.53. The average Bonchev–Trinajstić information content (AvgIpc) is 2.91. The minimum atomic E-state index is -0.201. The van der Waals surface area contributed by atoms with Crippen molar-refractivity contribution in [1.29, 1.82) is 0 Å². The van der Waals surface area contributed by atoms with E-state index in [1.165, 1.54) is 7.11 Å². The van der Waals surface area contributed by atoms with Crippen LogP contribution in [0.25, 0.3) is 0 Å². The van der Waals surface area contributed by atoms with Crippen LogP contribution in [0.2, 0.25) is 0 Å². The summed E-state index contributed by atoms with van der Waals surface area (Å²) in [6.07, 6.45) is 3.29. The molecule has 5 heteroatoms. The minimum absolute atomic E-state index is 0.201. The average molecular weight is 264 g/mol. The molecule has 1 saturated heterocycles. The Morgan fingerprint density at radius 3 is 3.11 bits per heavy atom. The summed E-state index contributed by atoms with van der Waals surface area (Å²) in [4.78, 5) is 12.1. The molecule has 1 amide bonds. The second kappa shape index (κ2) is 6.43. The van der Waals surface area contributed by atoms with Gasteiger partial charge in [0.25, 0.3) is 5.91 Å². The topological polar surface area (TPSA) is 73.6 Å². The summed E-state index contributed by atoms with van der Waals surface area (Å²) in [5.41, 5.74) is 6.65. The fourth-order valence-electron chi connectivity index (χ4n) is 2.27. The third kappa shape index (κ3) is 3.38. The zero-order valence-electron chi connectivity index (χ0n) is 11.1. The smallest absolute Gasteiger partial charge is 0.257 e. The van der Waals surface area contributed by atoms with Crippen molar-refractivity contribution in [3.05, 3.63) is 23.8 Å². The zero-order chi connectivity index (χ0) is 13.7. The molecule has 0 radical (unpaired) electrons. The molecule has 1 aromatic carbocycles. The Hall–Kier alpha value is -1.75. The van der Waals surface area contributed by atoms with Crippen molar-refractivity contribution in [3.63, 3.8) is 0 Å². The summed E-state index contributed by atoms with van der Waals surface area (Å²) in [6.45, 7) is 1.42. The molecule has 1 aromatic rings. The predicted molar refractivity (Wildman–Crippen MR) is 73.3 cm³/mol. The molecular weight excluding hydrogens is 244 g/mol. The van der Waals surface area contributed by atoms with Gasteiger partial charge >= 0.3 is 0 Å². The van der Waals surface area contributed by atoms with Crippen molar-refractivity contribution in [2.45, 2.75) is 25.4 Å². The standard InChI is InChI=1S/C14H20N2O3/c1-18-12-6-2-5-11(15)13(12)14(17)16-8-7-10-4-3-9-19-10/h2,5-6,10H,3-4,7-9,15H2,1H3,(H,16,17). The lowest BCUT2D eigenvalue weighted by molar-refractivity contribution is 0.0905. The number of methoxy groups -OCH3 is 1. The Balaban J connectivity index is 1.92. The highest BCUT2D eigenvalue weighted by Crippen LogP contribution is 2.23. The number of carbonyl (C=O) groups is 1. The Kier molecular flexibility index (Phi) is 4.63. The number of carbonyl (C=O) groups excluding carboxylic acids is 1. The van der Waals surface area contributed by atoms with Crippen LogP contribution in [0.5, 0.6) is 5.75 Å². The first kappa shape index (κ1) is 13.7. The van der Waals surface area contributed by atoms with E-state index >= 15 is 0 Å². The molecule has 1 unspecified atom stereocenters. The van der Waals surface area contributed by atoms with Gasteiger partial charge in [-0.2, -0.15) is 0 Å². The number of nitrogens with one attached hydrogen (secondary N) is 1. The largest absolute Gasteiger partial charge is 0.496 e. The van der Waals surface area contributed by atoms with E-state index in [9.17, 15) is 4.79 Å². The summed E-state index contributed by atoms with van der Waals surface area (Å²) in [5, 5.41) is 2.86. The van der Waals surface area contributed by atoms with Gasteiger partial charge < -0.3 is 20.5 Å². The van der Waals surface area contributed by atoms with Gasteiger partial charge in [-0.3, -0.25) is 4.79 Å². The van der Waals surface area contributed by atoms with Gasteiger partial charge in [0, 0.05) is 18.8 Å². The SMILES string of the molecule is COc1cccc(N)c1C(=O)NCCC1CCCO1. The van der Waals surface area contributed by atoms with Crippen LogP contribution >= 0.6 is 0 Å². The first-order valence-corrected chi connectivity index (χ1v) is 6.54. The van der Waals surface area contributed by atoms with Gasteiger partial charge in [-0.25, -0.2) is 0 Å². The maximum atomic E-state index is 12.1. The van der Waals surface area contributed by atoms with Gasteiger partial charge in [0.1, 0.15) is 11.3 Å². The molecule has 0 aromatic heterocycles. The molecule has 0 saturated carbocycles. The van der Waals surface area contributed by atoms with Crippen molar-refractivity contribution < 1.29 is 14.3 Å². The zero-order valence-corrected chi connectivity index (χ0v) is 11.1. The molecule has 19 heavy (non-hydrogen) atoms. The fraction of sp³-hybridized carbons (Fsp3) is 0.500. The number of amides is 1. The first-order chi connectivity index (χ1) is 9.22. The van der Waals surface area contributed by atoms with Gasteiger partial charge in [-0.1, -0.05) is 6.07 Å². The van der Waals surface area contributed by atoms with E-state index in [0.717, 1.165) is 25.9 Å². The summed E-state index contributed by atoms with van der Waals surface area (Å²) in [6, 6.07) is 5.18. The monoisotopic (exact) mass is 264 g/mol. The molecule has 104 valence electrons. The lowest BCUT2D eigenvalue weighted by Gasteiger charge is -2.13. The van der Waals surface area contributed by atoms with E-state index in [1.54, 1.807) is 18.2 Å². The molecule has 0 aliphatic carbocycles. The van der Waals surface area contributed by atoms with Gasteiger partial charge in [0.05, 0.1) is 13.2 Å². The lowest BCUT2D eigenvalue weighted by Crippen LogP contribution is -2.28. The number of nitrogen functional groups attached to an aromatic ring is 1. The summed E-state index contributed by atoms with van der Waals surface area (Å²) < 4.78 is 10.7. The number of hydrogen-bond acceptors (Lipinski definition) is 4. The fourth-order valence-corrected chi connectivity index (χ4v) is 2.27. The van der Waals surface area contributed by atoms with Crippen molar-refractivity contribution in [2.24, 2.45) is 0 Å². The molecular formula is C14H20N2O3. The molecule has 0 spiro atoms. The Morgan fingerprint density at radius 1 is 1.58 bits per heavy atom. The van der Waals surface area contributed by atoms with Gasteiger partial charge in [-0.15, -0.1) is 0 Å². The third-order valence-corrected chi connectivity index (χ3v) is 3.28. The van der Waals surface area contributed by atoms with E-state index in [2.05, 4.69) is 5.32 Å². The van der Waals surface area contributed by atoms with Crippen LogP contribution in [0.3, 0.4) is 0 Å². The Labute approximate surface area is 113 Å². The van der Waals surface area contributed by atoms with Crippen LogP contribution in [-0.4, -0.2) is 32.3 Å². The van der Waals surface area contributed by atoms with Crippen LogP contribution < -0.4 is 15.8 Å². The van der Waals surface area contributed by atoms with E-state index in [1.807, 2.05) is 0 Å². The number of hydrogen-bond donors (Lipinski definition) is 2. The van der Waals surface area contributed by atoms with Gasteiger partial charge in [0.15, 0.2) is 0 Å². The van der Waals surface area contributed by atoms with Crippen molar-refractivity contribution in [2.75, 3.05) is 26.0 Å². The van der Waals surface area contributed by atoms with E-state index in [4.69, 9.17) is 15.2 Å². The molecule has 3 N–H and O–H groups in total. The molecule has 1 fully saturated rings. The summed E-state index contributed by atoms with van der Waals surface area (Å²) >= 11 is 0. The highest BCUT2D eigenvalue weighted by atomic mass is 16.5. The van der Waals surface area contributed by atoms with Crippen LogP contribution in [0, 0.1) is 0 Å². The number of benzene rings is 1. The van der Waals surface area contributed by atoms with Crippen molar-refractivity contribution in [1.82, 2.24) is 5.32 Å². The molecule has 0 bridgehead atoms. The van der Waals surface area contributed by atoms with E-state index in [0.29, 0.717) is 23.5 Å². The van der Waals surface area contributed by atoms with Crippen LogP contribution in [0.4, 0.5) is 5.69 Å². The highest BCUT2D eigenvalue weighted by molar-refractivity contribution is 6.01. The lowest BCUT2D eigenvalue weighted by atomic mass is 10.1. The van der Waals surface area contributed by atoms with Crippen LogP contribution in [0.1, 0.15) is 29.6 Å². The molecule has 5 nitrogen and oxygen atoms in total. The molecule has 1 aliphatic heterocycles. The van der Waals surface area contributed by atoms with Crippen molar-refractivity contribution in [3.8, 4) is 5.75 Å². The van der Waals surface area contributed by atoms with Crippen LogP contribution in [-0.2, 0) is 4.74 Å². The second-order valence-electron chi connectivity index (χ2n) is 4.60. The second-order valence-corrected chi connectivity index (χ2v) is 4.60. The predicted octanol–water partition coefficient (Wildman–Crippen LogP) is 1.58. The minimum Gasteiger partial charge on any atom is -0.496 e. The number of rotatable bonds is 5. The van der Waals surface area contributed by atoms with Gasteiger partial charge in [-0.05, 0) is 31.4 Å². The Bertz CT molecular complexity index is 442. The molecule has 1 heterocycles.